The molecular weight excluding hydrogens is 346 g/mol. The van der Waals surface area contributed by atoms with Gasteiger partial charge in [0, 0.05) is 13.0 Å². The lowest BCUT2D eigenvalue weighted by atomic mass is 10.2. The molecule has 1 aliphatic rings. The summed E-state index contributed by atoms with van der Waals surface area (Å²) >= 11 is 6.53. The van der Waals surface area contributed by atoms with Gasteiger partial charge in [-0.25, -0.2) is 0 Å². The second-order valence-corrected chi connectivity index (χ2v) is 6.86. The number of rotatable bonds is 8. The fraction of sp³-hybridized carbons (Fsp3) is 0.353. The van der Waals surface area contributed by atoms with Gasteiger partial charge in [0.1, 0.15) is 10.1 Å². The Balaban J connectivity index is 1.97. The smallest absolute Gasteiger partial charge is 0.303 e. The molecule has 1 heterocycles. The van der Waals surface area contributed by atoms with Gasteiger partial charge in [-0.05, 0) is 43.5 Å². The highest BCUT2D eigenvalue weighted by Crippen LogP contribution is 2.33. The summed E-state index contributed by atoms with van der Waals surface area (Å²) < 4.78 is 5.91. The van der Waals surface area contributed by atoms with Crippen molar-refractivity contribution in [3.8, 4) is 5.75 Å². The Kier molecular flexibility index (Phi) is 6.81. The lowest BCUT2D eigenvalue weighted by Gasteiger charge is -2.13. The molecule has 0 aliphatic carbocycles. The van der Waals surface area contributed by atoms with E-state index in [1.807, 2.05) is 37.3 Å². The minimum atomic E-state index is -0.823. The molecule has 128 valence electrons. The lowest BCUT2D eigenvalue weighted by molar-refractivity contribution is -0.137. The third kappa shape index (κ3) is 5.07. The number of nitrogens with zero attached hydrogens (tertiary/aromatic N) is 1. The predicted octanol–water partition coefficient (Wildman–Crippen LogP) is 3.54. The van der Waals surface area contributed by atoms with Gasteiger partial charge in [0.15, 0.2) is 0 Å². The summed E-state index contributed by atoms with van der Waals surface area (Å²) in [6.45, 7) is 2.99. The van der Waals surface area contributed by atoms with Gasteiger partial charge in [0.25, 0.3) is 5.91 Å². The van der Waals surface area contributed by atoms with Gasteiger partial charge < -0.3 is 9.84 Å². The summed E-state index contributed by atoms with van der Waals surface area (Å²) in [7, 11) is 0. The van der Waals surface area contributed by atoms with E-state index in [2.05, 4.69) is 0 Å². The molecule has 0 radical (unpaired) electrons. The molecule has 1 aliphatic heterocycles. The van der Waals surface area contributed by atoms with Crippen LogP contribution in [0.3, 0.4) is 0 Å². The maximum atomic E-state index is 12.4. The standard InChI is InChI=1S/C17H19NO4S2/c1-2-22-13-8-6-12(7-9-13)11-14-16(21)18(17(23)24-14)10-4-3-5-15(19)20/h6-9,11H,2-5,10H2,1H3,(H,19,20)/b14-11-. The molecule has 1 N–H and O–H groups in total. The number of amides is 1. The Hall–Kier alpha value is -1.86. The van der Waals surface area contributed by atoms with Crippen LogP contribution in [-0.2, 0) is 9.59 Å². The van der Waals surface area contributed by atoms with Crippen molar-refractivity contribution in [2.75, 3.05) is 13.2 Å². The fourth-order valence-corrected chi connectivity index (χ4v) is 3.53. The highest BCUT2D eigenvalue weighted by molar-refractivity contribution is 8.26. The monoisotopic (exact) mass is 365 g/mol. The van der Waals surface area contributed by atoms with Crippen LogP contribution in [0.2, 0.25) is 0 Å². The molecule has 24 heavy (non-hydrogen) atoms. The zero-order valence-corrected chi connectivity index (χ0v) is 15.0. The molecule has 5 nitrogen and oxygen atoms in total. The summed E-state index contributed by atoms with van der Waals surface area (Å²) in [6.07, 6.45) is 3.07. The van der Waals surface area contributed by atoms with Crippen molar-refractivity contribution >= 4 is 46.3 Å². The van der Waals surface area contributed by atoms with E-state index in [-0.39, 0.29) is 12.3 Å². The molecule has 0 atom stereocenters. The third-order valence-electron chi connectivity index (χ3n) is 3.38. The first-order chi connectivity index (χ1) is 11.5. The van der Waals surface area contributed by atoms with Crippen molar-refractivity contribution in [3.05, 3.63) is 34.7 Å². The quantitative estimate of drug-likeness (QED) is 0.432. The van der Waals surface area contributed by atoms with Crippen LogP contribution >= 0.6 is 24.0 Å². The molecule has 7 heteroatoms. The van der Waals surface area contributed by atoms with Gasteiger partial charge in [0.2, 0.25) is 0 Å². The summed E-state index contributed by atoms with van der Waals surface area (Å²) in [5, 5.41) is 8.64. The second kappa shape index (κ2) is 8.84. The van der Waals surface area contributed by atoms with E-state index in [4.69, 9.17) is 22.1 Å². The topological polar surface area (TPSA) is 66.8 Å². The van der Waals surface area contributed by atoms with Crippen molar-refractivity contribution < 1.29 is 19.4 Å². The molecule has 0 spiro atoms. The van der Waals surface area contributed by atoms with Gasteiger partial charge in [-0.3, -0.25) is 14.5 Å². The van der Waals surface area contributed by atoms with Crippen LogP contribution in [0.1, 0.15) is 31.7 Å². The number of hydrogen-bond donors (Lipinski definition) is 1. The molecule has 2 rings (SSSR count). The van der Waals surface area contributed by atoms with Crippen LogP contribution in [0.4, 0.5) is 0 Å². The number of thioether (sulfide) groups is 1. The molecule has 1 aromatic rings. The Morgan fingerprint density at radius 3 is 2.67 bits per heavy atom. The number of benzene rings is 1. The second-order valence-electron chi connectivity index (χ2n) is 5.19. The van der Waals surface area contributed by atoms with Crippen molar-refractivity contribution in [2.24, 2.45) is 0 Å². The third-order valence-corrected chi connectivity index (χ3v) is 4.76. The lowest BCUT2D eigenvalue weighted by Crippen LogP contribution is -2.29. The van der Waals surface area contributed by atoms with E-state index in [1.54, 1.807) is 4.90 Å². The number of aliphatic carboxylic acids is 1. The molecule has 0 saturated carbocycles. The minimum Gasteiger partial charge on any atom is -0.494 e. The normalized spacial score (nSPS) is 16.0. The predicted molar refractivity (Wildman–Crippen MR) is 99.0 cm³/mol. The van der Waals surface area contributed by atoms with Gasteiger partial charge in [-0.2, -0.15) is 0 Å². The average molecular weight is 365 g/mol. The molecule has 0 aromatic heterocycles. The number of ether oxygens (including phenoxy) is 1. The zero-order chi connectivity index (χ0) is 17.5. The molecule has 1 amide bonds. The number of carboxylic acid groups (broad SMARTS) is 1. The zero-order valence-electron chi connectivity index (χ0n) is 13.4. The highest BCUT2D eigenvalue weighted by atomic mass is 32.2. The number of unbranched alkanes of at least 4 members (excludes halogenated alkanes) is 1. The molecule has 1 fully saturated rings. The van der Waals surface area contributed by atoms with Crippen molar-refractivity contribution in [3.63, 3.8) is 0 Å². The van der Waals surface area contributed by atoms with Crippen LogP contribution in [0.5, 0.6) is 5.75 Å². The van der Waals surface area contributed by atoms with Crippen molar-refractivity contribution in [1.29, 1.82) is 0 Å². The van der Waals surface area contributed by atoms with Gasteiger partial charge in [-0.1, -0.05) is 36.1 Å². The van der Waals surface area contributed by atoms with Gasteiger partial charge >= 0.3 is 5.97 Å². The fourth-order valence-electron chi connectivity index (χ4n) is 2.22. The molecule has 0 bridgehead atoms. The van der Waals surface area contributed by atoms with Crippen LogP contribution < -0.4 is 4.74 Å². The van der Waals surface area contributed by atoms with Crippen LogP contribution in [0, 0.1) is 0 Å². The van der Waals surface area contributed by atoms with E-state index in [1.165, 1.54) is 11.8 Å². The first kappa shape index (κ1) is 18.5. The van der Waals surface area contributed by atoms with E-state index in [0.717, 1.165) is 11.3 Å². The van der Waals surface area contributed by atoms with Gasteiger partial charge in [0.05, 0.1) is 11.5 Å². The Labute approximate surface area is 150 Å². The first-order valence-corrected chi connectivity index (χ1v) is 8.93. The summed E-state index contributed by atoms with van der Waals surface area (Å²) in [5.74, 6) is -0.148. The van der Waals surface area contributed by atoms with Gasteiger partial charge in [-0.15, -0.1) is 0 Å². The number of carbonyl (C=O) groups excluding carboxylic acids is 1. The average Bonchev–Trinajstić information content (AvgIpc) is 2.80. The largest absolute Gasteiger partial charge is 0.494 e. The molecular formula is C17H19NO4S2. The minimum absolute atomic E-state index is 0.108. The Morgan fingerprint density at radius 1 is 1.33 bits per heavy atom. The molecule has 0 unspecified atom stereocenters. The van der Waals surface area contributed by atoms with Crippen LogP contribution in [-0.4, -0.2) is 39.4 Å². The van der Waals surface area contributed by atoms with Crippen LogP contribution in [0.15, 0.2) is 29.2 Å². The number of hydrogen-bond acceptors (Lipinski definition) is 5. The number of thiocarbonyl (C=S) groups is 1. The Bertz CT molecular complexity index is 655. The molecule has 1 saturated heterocycles. The van der Waals surface area contributed by atoms with Crippen LogP contribution in [0.25, 0.3) is 6.08 Å². The van der Waals surface area contributed by atoms with E-state index in [0.29, 0.717) is 35.2 Å². The summed E-state index contributed by atoms with van der Waals surface area (Å²) in [6, 6.07) is 7.51. The molecule has 1 aromatic carbocycles. The van der Waals surface area contributed by atoms with Crippen molar-refractivity contribution in [1.82, 2.24) is 4.90 Å². The maximum absolute atomic E-state index is 12.4. The van der Waals surface area contributed by atoms with E-state index >= 15 is 0 Å². The number of carboxylic acids is 1. The first-order valence-electron chi connectivity index (χ1n) is 7.71. The summed E-state index contributed by atoms with van der Waals surface area (Å²) in [4.78, 5) is 25.1. The number of carbonyl (C=O) groups is 2. The van der Waals surface area contributed by atoms with E-state index in [9.17, 15) is 9.59 Å². The van der Waals surface area contributed by atoms with E-state index < -0.39 is 5.97 Å². The summed E-state index contributed by atoms with van der Waals surface area (Å²) in [5.41, 5.74) is 0.907. The highest BCUT2D eigenvalue weighted by Gasteiger charge is 2.31. The van der Waals surface area contributed by atoms with Crippen molar-refractivity contribution in [2.45, 2.75) is 26.2 Å². The SMILES string of the molecule is CCOc1ccc(/C=C2\SC(=S)N(CCCCC(=O)O)C2=O)cc1. The Morgan fingerprint density at radius 2 is 2.04 bits per heavy atom. The maximum Gasteiger partial charge on any atom is 0.303 e.